The number of carbonyl (C=O) groups is 1. The highest BCUT2D eigenvalue weighted by molar-refractivity contribution is 5.77. The van der Waals surface area contributed by atoms with Crippen LogP contribution in [0, 0.1) is 0 Å². The van der Waals surface area contributed by atoms with Crippen molar-refractivity contribution in [1.29, 1.82) is 0 Å². The molecule has 0 amide bonds. The molecule has 2 rings (SSSR count). The topological polar surface area (TPSA) is 29.5 Å². The van der Waals surface area contributed by atoms with Crippen molar-refractivity contribution in [2.45, 2.75) is 38.6 Å². The minimum Gasteiger partial charge on any atom is -0.468 e. The van der Waals surface area contributed by atoms with Gasteiger partial charge in [-0.15, -0.1) is 0 Å². The second-order valence-corrected chi connectivity index (χ2v) is 5.64. The Morgan fingerprint density at radius 2 is 2.11 bits per heavy atom. The lowest BCUT2D eigenvalue weighted by molar-refractivity contribution is -0.139. The number of anilines is 1. The van der Waals surface area contributed by atoms with Crippen molar-refractivity contribution in [3.05, 3.63) is 29.8 Å². The fourth-order valence-corrected chi connectivity index (χ4v) is 2.94. The molecule has 0 saturated heterocycles. The maximum atomic E-state index is 11.6. The van der Waals surface area contributed by atoms with Crippen molar-refractivity contribution in [2.24, 2.45) is 0 Å². The number of carbonyl (C=O) groups excluding carboxylic acids is 1. The summed E-state index contributed by atoms with van der Waals surface area (Å²) in [5.74, 6) is 0.331. The molecule has 0 fully saturated rings. The van der Waals surface area contributed by atoms with Crippen LogP contribution in [0.25, 0.3) is 0 Å². The Labute approximate surface area is 109 Å². The van der Waals surface area contributed by atoms with E-state index in [0.29, 0.717) is 12.5 Å². The monoisotopic (exact) mass is 247 g/mol. The van der Waals surface area contributed by atoms with Gasteiger partial charge in [0.2, 0.25) is 0 Å². The van der Waals surface area contributed by atoms with Crippen molar-refractivity contribution in [2.75, 3.05) is 18.6 Å². The zero-order valence-electron chi connectivity index (χ0n) is 11.6. The molecule has 0 unspecified atom stereocenters. The van der Waals surface area contributed by atoms with Crippen LogP contribution in [0.15, 0.2) is 24.3 Å². The SMILES string of the molecule is COC(=O)CN1c2ccccc2[C@@H](C)CC1(C)C. The first-order valence-electron chi connectivity index (χ1n) is 6.39. The maximum absolute atomic E-state index is 11.6. The van der Waals surface area contributed by atoms with E-state index in [9.17, 15) is 4.79 Å². The molecular formula is C15H21NO2. The van der Waals surface area contributed by atoms with E-state index in [-0.39, 0.29) is 11.5 Å². The van der Waals surface area contributed by atoms with Gasteiger partial charge < -0.3 is 9.64 Å². The molecule has 1 aromatic rings. The summed E-state index contributed by atoms with van der Waals surface area (Å²) in [4.78, 5) is 13.8. The highest BCUT2D eigenvalue weighted by Crippen LogP contribution is 2.42. The molecular weight excluding hydrogens is 226 g/mol. The molecule has 0 aromatic heterocycles. The van der Waals surface area contributed by atoms with E-state index in [1.165, 1.54) is 12.7 Å². The number of nitrogens with zero attached hydrogens (tertiary/aromatic N) is 1. The summed E-state index contributed by atoms with van der Waals surface area (Å²) in [6, 6.07) is 8.33. The molecule has 1 aliphatic rings. The average molecular weight is 247 g/mol. The summed E-state index contributed by atoms with van der Waals surface area (Å²) in [6.45, 7) is 6.92. The molecule has 0 bridgehead atoms. The lowest BCUT2D eigenvalue weighted by Gasteiger charge is -2.46. The molecule has 1 aromatic carbocycles. The van der Waals surface area contributed by atoms with Crippen molar-refractivity contribution in [3.8, 4) is 0 Å². The Morgan fingerprint density at radius 3 is 2.78 bits per heavy atom. The molecule has 0 N–H and O–H groups in total. The zero-order chi connectivity index (χ0) is 13.3. The number of para-hydroxylation sites is 1. The van der Waals surface area contributed by atoms with Crippen LogP contribution in [0.1, 0.15) is 38.7 Å². The summed E-state index contributed by atoms with van der Waals surface area (Å²) < 4.78 is 4.81. The van der Waals surface area contributed by atoms with Gasteiger partial charge in [0.15, 0.2) is 0 Å². The Morgan fingerprint density at radius 1 is 1.44 bits per heavy atom. The average Bonchev–Trinajstić information content (AvgIpc) is 2.33. The van der Waals surface area contributed by atoms with E-state index < -0.39 is 0 Å². The number of ether oxygens (including phenoxy) is 1. The first kappa shape index (κ1) is 12.9. The van der Waals surface area contributed by atoms with Gasteiger partial charge >= 0.3 is 5.97 Å². The first-order valence-corrected chi connectivity index (χ1v) is 6.39. The van der Waals surface area contributed by atoms with Crippen molar-refractivity contribution < 1.29 is 9.53 Å². The van der Waals surface area contributed by atoms with Crippen molar-refractivity contribution in [1.82, 2.24) is 0 Å². The van der Waals surface area contributed by atoms with E-state index >= 15 is 0 Å². The Balaban J connectivity index is 2.41. The highest BCUT2D eigenvalue weighted by Gasteiger charge is 2.37. The number of esters is 1. The van der Waals surface area contributed by atoms with Gasteiger partial charge in [0.25, 0.3) is 0 Å². The Bertz CT molecular complexity index is 454. The first-order chi connectivity index (χ1) is 8.45. The molecule has 0 aliphatic carbocycles. The number of benzene rings is 1. The summed E-state index contributed by atoms with van der Waals surface area (Å²) in [7, 11) is 1.44. The number of hydrogen-bond acceptors (Lipinski definition) is 3. The number of fused-ring (bicyclic) bond motifs is 1. The molecule has 1 heterocycles. The lowest BCUT2D eigenvalue weighted by atomic mass is 9.80. The quantitative estimate of drug-likeness (QED) is 0.752. The Hall–Kier alpha value is -1.51. The second kappa shape index (κ2) is 4.63. The minimum absolute atomic E-state index is 0.0258. The summed E-state index contributed by atoms with van der Waals surface area (Å²) in [6.07, 6.45) is 1.04. The normalized spacial score (nSPS) is 21.3. The maximum Gasteiger partial charge on any atom is 0.325 e. The predicted molar refractivity (Wildman–Crippen MR) is 72.9 cm³/mol. The molecule has 0 spiro atoms. The van der Waals surface area contributed by atoms with E-state index in [0.717, 1.165) is 12.1 Å². The van der Waals surface area contributed by atoms with Gasteiger partial charge in [-0.2, -0.15) is 0 Å². The van der Waals surface area contributed by atoms with Crippen LogP contribution in [0.3, 0.4) is 0 Å². The van der Waals surface area contributed by atoms with Crippen molar-refractivity contribution in [3.63, 3.8) is 0 Å². The van der Waals surface area contributed by atoms with Crippen molar-refractivity contribution >= 4 is 11.7 Å². The fourth-order valence-electron chi connectivity index (χ4n) is 2.94. The standard InChI is InChI=1S/C15H21NO2/c1-11-9-15(2,3)16(10-14(17)18-4)13-8-6-5-7-12(11)13/h5-8,11H,9-10H2,1-4H3/t11-/m0/s1. The van der Waals surface area contributed by atoms with E-state index in [1.54, 1.807) is 0 Å². The zero-order valence-corrected chi connectivity index (χ0v) is 11.6. The highest BCUT2D eigenvalue weighted by atomic mass is 16.5. The van der Waals surface area contributed by atoms with Gasteiger partial charge in [0.1, 0.15) is 6.54 Å². The van der Waals surface area contributed by atoms with Crippen LogP contribution in [-0.4, -0.2) is 25.2 Å². The molecule has 18 heavy (non-hydrogen) atoms. The van der Waals surface area contributed by atoms with Gasteiger partial charge in [0, 0.05) is 11.2 Å². The van der Waals surface area contributed by atoms with E-state index in [2.05, 4.69) is 43.9 Å². The number of methoxy groups -OCH3 is 1. The molecule has 1 aliphatic heterocycles. The summed E-state index contributed by atoms with van der Waals surface area (Å²) >= 11 is 0. The number of rotatable bonds is 2. The fraction of sp³-hybridized carbons (Fsp3) is 0.533. The molecule has 98 valence electrons. The predicted octanol–water partition coefficient (Wildman–Crippen LogP) is 2.95. The van der Waals surface area contributed by atoms with Crippen LogP contribution in [0.2, 0.25) is 0 Å². The molecule has 3 nitrogen and oxygen atoms in total. The van der Waals surface area contributed by atoms with Crippen LogP contribution in [0.5, 0.6) is 0 Å². The molecule has 0 radical (unpaired) electrons. The van der Waals surface area contributed by atoms with Crippen LogP contribution < -0.4 is 4.90 Å². The molecule has 1 atom stereocenters. The summed E-state index contributed by atoms with van der Waals surface area (Å²) in [5.41, 5.74) is 2.45. The Kier molecular flexibility index (Phi) is 3.33. The largest absolute Gasteiger partial charge is 0.468 e. The van der Waals surface area contributed by atoms with Gasteiger partial charge in [-0.1, -0.05) is 25.1 Å². The van der Waals surface area contributed by atoms with E-state index in [4.69, 9.17) is 4.74 Å². The van der Waals surface area contributed by atoms with Gasteiger partial charge in [0.05, 0.1) is 7.11 Å². The third kappa shape index (κ3) is 2.22. The third-order valence-corrected chi connectivity index (χ3v) is 3.81. The summed E-state index contributed by atoms with van der Waals surface area (Å²) in [5, 5.41) is 0. The third-order valence-electron chi connectivity index (χ3n) is 3.81. The minimum atomic E-state index is -0.188. The lowest BCUT2D eigenvalue weighted by Crippen LogP contribution is -2.50. The molecule has 3 heteroatoms. The van der Waals surface area contributed by atoms with Crippen LogP contribution >= 0.6 is 0 Å². The molecule has 0 saturated carbocycles. The van der Waals surface area contributed by atoms with Crippen LogP contribution in [0.4, 0.5) is 5.69 Å². The second-order valence-electron chi connectivity index (χ2n) is 5.64. The van der Waals surface area contributed by atoms with Gasteiger partial charge in [-0.25, -0.2) is 0 Å². The van der Waals surface area contributed by atoms with Crippen LogP contribution in [-0.2, 0) is 9.53 Å². The number of hydrogen-bond donors (Lipinski definition) is 0. The van der Waals surface area contributed by atoms with Gasteiger partial charge in [-0.05, 0) is 37.8 Å². The van der Waals surface area contributed by atoms with E-state index in [1.807, 2.05) is 6.07 Å². The van der Waals surface area contributed by atoms with Gasteiger partial charge in [-0.3, -0.25) is 4.79 Å². The smallest absolute Gasteiger partial charge is 0.325 e.